The number of pyridine rings is 1. The lowest BCUT2D eigenvalue weighted by molar-refractivity contribution is 0.520. The van der Waals surface area contributed by atoms with E-state index in [9.17, 15) is 8.42 Å². The van der Waals surface area contributed by atoms with Gasteiger partial charge in [-0.05, 0) is 12.1 Å². The number of aromatic amines is 1. The summed E-state index contributed by atoms with van der Waals surface area (Å²) in [5.41, 5.74) is 0. The summed E-state index contributed by atoms with van der Waals surface area (Å²) in [6.07, 6.45) is 3.47. The number of aromatic nitrogens is 4. The maximum atomic E-state index is 11.9. The number of nitrogens with one attached hydrogen (secondary N) is 2. The topological polar surface area (TPSA) is 104 Å². The maximum absolute atomic E-state index is 11.9. The van der Waals surface area contributed by atoms with Gasteiger partial charge >= 0.3 is 0 Å². The summed E-state index contributed by atoms with van der Waals surface area (Å²) in [4.78, 5) is 8.25. The zero-order valence-corrected chi connectivity index (χ0v) is 12.1. The van der Waals surface area contributed by atoms with Crippen molar-refractivity contribution in [1.82, 2.24) is 24.5 Å². The minimum atomic E-state index is -3.43. The van der Waals surface area contributed by atoms with Crippen LogP contribution in [0.15, 0.2) is 29.6 Å². The molecule has 0 spiro atoms. The Hall–Kier alpha value is -2.00. The van der Waals surface area contributed by atoms with Crippen LogP contribution in [0, 0.1) is 0 Å². The lowest BCUT2D eigenvalue weighted by atomic mass is 10.4. The highest BCUT2D eigenvalue weighted by Gasteiger charge is 2.17. The number of nitrogens with zero attached hydrogens (tertiary/aromatic N) is 4. The molecule has 9 heteroatoms. The predicted molar refractivity (Wildman–Crippen MR) is 73.7 cm³/mol. The summed E-state index contributed by atoms with van der Waals surface area (Å²) in [7, 11) is -0.460. The van der Waals surface area contributed by atoms with Gasteiger partial charge in [0.15, 0.2) is 0 Å². The smallest absolute Gasteiger partial charge is 0.244 e. The summed E-state index contributed by atoms with van der Waals surface area (Å²) in [6.45, 7) is 0.627. The monoisotopic (exact) mass is 296 g/mol. The molecule has 2 aromatic rings. The highest BCUT2D eigenvalue weighted by molar-refractivity contribution is 7.89. The van der Waals surface area contributed by atoms with Gasteiger partial charge in [-0.15, -0.1) is 0 Å². The molecule has 0 bridgehead atoms. The third-order valence-electron chi connectivity index (χ3n) is 2.65. The molecule has 0 fully saturated rings. The van der Waals surface area contributed by atoms with Gasteiger partial charge in [-0.1, -0.05) is 0 Å². The normalized spacial score (nSPS) is 11.8. The van der Waals surface area contributed by atoms with Gasteiger partial charge in [0.2, 0.25) is 10.0 Å². The third-order valence-corrected chi connectivity index (χ3v) is 4.45. The van der Waals surface area contributed by atoms with Gasteiger partial charge in [0.25, 0.3) is 0 Å². The summed E-state index contributed by atoms with van der Waals surface area (Å²) in [6, 6.07) is 3.16. The van der Waals surface area contributed by atoms with Crippen LogP contribution in [-0.4, -0.2) is 53.5 Å². The molecule has 0 aliphatic rings. The van der Waals surface area contributed by atoms with Crippen LogP contribution in [0.3, 0.4) is 0 Å². The van der Waals surface area contributed by atoms with E-state index in [2.05, 4.69) is 25.5 Å². The fourth-order valence-corrected chi connectivity index (χ4v) is 2.36. The van der Waals surface area contributed by atoms with E-state index in [-0.39, 0.29) is 4.90 Å². The Morgan fingerprint density at radius 3 is 2.65 bits per heavy atom. The Labute approximate surface area is 117 Å². The van der Waals surface area contributed by atoms with Crippen molar-refractivity contribution in [2.75, 3.05) is 26.0 Å². The van der Waals surface area contributed by atoms with Gasteiger partial charge in [-0.25, -0.2) is 22.7 Å². The highest BCUT2D eigenvalue weighted by atomic mass is 32.2. The first-order valence-corrected chi connectivity index (χ1v) is 7.41. The van der Waals surface area contributed by atoms with Crippen LogP contribution in [0.1, 0.15) is 5.82 Å². The Kier molecular flexibility index (Phi) is 4.30. The number of hydrogen-bond donors (Lipinski definition) is 2. The van der Waals surface area contributed by atoms with Crippen LogP contribution >= 0.6 is 0 Å². The lowest BCUT2D eigenvalue weighted by Crippen LogP contribution is -2.22. The Morgan fingerprint density at radius 1 is 1.30 bits per heavy atom. The second-order valence-corrected chi connectivity index (χ2v) is 6.43. The molecule has 2 heterocycles. The summed E-state index contributed by atoms with van der Waals surface area (Å²) in [5, 5.41) is 9.59. The molecule has 0 unspecified atom stereocenters. The minimum Gasteiger partial charge on any atom is -0.370 e. The van der Waals surface area contributed by atoms with E-state index >= 15 is 0 Å². The molecule has 2 N–H and O–H groups in total. The van der Waals surface area contributed by atoms with Gasteiger partial charge < -0.3 is 5.32 Å². The molecule has 0 saturated heterocycles. The van der Waals surface area contributed by atoms with Crippen molar-refractivity contribution in [1.29, 1.82) is 0 Å². The molecule has 0 aliphatic heterocycles. The maximum Gasteiger partial charge on any atom is 0.244 e. The number of rotatable bonds is 6. The number of anilines is 1. The molecule has 0 radical (unpaired) electrons. The Balaban J connectivity index is 1.95. The van der Waals surface area contributed by atoms with Crippen LogP contribution in [0.5, 0.6) is 0 Å². The van der Waals surface area contributed by atoms with E-state index in [1.807, 2.05) is 0 Å². The van der Waals surface area contributed by atoms with Crippen LogP contribution in [0.25, 0.3) is 0 Å². The molecule has 108 valence electrons. The average Bonchev–Trinajstić information content (AvgIpc) is 2.92. The fraction of sp³-hybridized carbons (Fsp3) is 0.364. The van der Waals surface area contributed by atoms with Crippen molar-refractivity contribution in [3.63, 3.8) is 0 Å². The largest absolute Gasteiger partial charge is 0.370 e. The van der Waals surface area contributed by atoms with E-state index in [1.165, 1.54) is 32.7 Å². The molecule has 0 aliphatic carbocycles. The van der Waals surface area contributed by atoms with Crippen molar-refractivity contribution in [3.8, 4) is 0 Å². The van der Waals surface area contributed by atoms with E-state index < -0.39 is 10.0 Å². The molecular formula is C11H16N6O2S. The first kappa shape index (κ1) is 14.4. The third kappa shape index (κ3) is 3.31. The first-order valence-electron chi connectivity index (χ1n) is 5.97. The van der Waals surface area contributed by atoms with Crippen LogP contribution in [0.2, 0.25) is 0 Å². The Morgan fingerprint density at radius 2 is 2.10 bits per heavy atom. The van der Waals surface area contributed by atoms with Crippen molar-refractivity contribution in [3.05, 3.63) is 30.5 Å². The molecule has 20 heavy (non-hydrogen) atoms. The SMILES string of the molecule is CN(C)S(=O)(=O)c1ccc(NCCc2ncn[nH]2)nc1. The Bertz CT molecular complexity index is 636. The van der Waals surface area contributed by atoms with Crippen LogP contribution in [-0.2, 0) is 16.4 Å². The van der Waals surface area contributed by atoms with E-state index in [0.29, 0.717) is 18.8 Å². The van der Waals surface area contributed by atoms with Gasteiger partial charge in [-0.3, -0.25) is 5.10 Å². The number of sulfonamides is 1. The number of hydrogen-bond acceptors (Lipinski definition) is 6. The van der Waals surface area contributed by atoms with E-state index in [0.717, 1.165) is 10.1 Å². The fourth-order valence-electron chi connectivity index (χ4n) is 1.51. The standard InChI is InChI=1S/C11H16N6O2S/c1-17(2)20(18,19)9-3-4-10(13-7-9)12-6-5-11-14-8-15-16-11/h3-4,7-8H,5-6H2,1-2H3,(H,12,13)(H,14,15,16). The van der Waals surface area contributed by atoms with E-state index in [1.54, 1.807) is 6.07 Å². The van der Waals surface area contributed by atoms with Crippen molar-refractivity contribution in [2.24, 2.45) is 0 Å². The molecule has 8 nitrogen and oxygen atoms in total. The molecule has 0 atom stereocenters. The second kappa shape index (κ2) is 5.97. The van der Waals surface area contributed by atoms with Gasteiger partial charge in [0, 0.05) is 33.3 Å². The summed E-state index contributed by atoms with van der Waals surface area (Å²) < 4.78 is 24.9. The molecule has 2 rings (SSSR count). The zero-order chi connectivity index (χ0) is 14.6. The first-order chi connectivity index (χ1) is 9.50. The van der Waals surface area contributed by atoms with Gasteiger partial charge in [0.05, 0.1) is 0 Å². The number of H-pyrrole nitrogens is 1. The summed E-state index contributed by atoms with van der Waals surface area (Å²) >= 11 is 0. The zero-order valence-electron chi connectivity index (χ0n) is 11.2. The highest BCUT2D eigenvalue weighted by Crippen LogP contribution is 2.13. The second-order valence-electron chi connectivity index (χ2n) is 4.28. The van der Waals surface area contributed by atoms with Crippen LogP contribution < -0.4 is 5.32 Å². The quantitative estimate of drug-likeness (QED) is 0.784. The molecule has 2 aromatic heterocycles. The van der Waals surface area contributed by atoms with Gasteiger partial charge in [-0.2, -0.15) is 5.10 Å². The predicted octanol–water partition coefficient (Wildman–Crippen LogP) is 0.105. The molecule has 0 amide bonds. The van der Waals surface area contributed by atoms with Crippen molar-refractivity contribution in [2.45, 2.75) is 11.3 Å². The molecular weight excluding hydrogens is 280 g/mol. The van der Waals surface area contributed by atoms with Crippen molar-refractivity contribution >= 4 is 15.8 Å². The van der Waals surface area contributed by atoms with Crippen molar-refractivity contribution < 1.29 is 8.42 Å². The average molecular weight is 296 g/mol. The van der Waals surface area contributed by atoms with E-state index in [4.69, 9.17) is 0 Å². The van der Waals surface area contributed by atoms with Gasteiger partial charge in [0.1, 0.15) is 22.9 Å². The molecule has 0 aromatic carbocycles. The van der Waals surface area contributed by atoms with Crippen LogP contribution in [0.4, 0.5) is 5.82 Å². The summed E-state index contributed by atoms with van der Waals surface area (Å²) in [5.74, 6) is 1.39. The lowest BCUT2D eigenvalue weighted by Gasteiger charge is -2.11. The minimum absolute atomic E-state index is 0.170. The molecule has 0 saturated carbocycles.